The van der Waals surface area contributed by atoms with Gasteiger partial charge in [-0.25, -0.2) is 9.37 Å². The van der Waals surface area contributed by atoms with Crippen LogP contribution in [0.2, 0.25) is 0 Å². The molecule has 1 aromatic heterocycles. The molecular formula is C12H11FN2OS. The van der Waals surface area contributed by atoms with Gasteiger partial charge in [-0.05, 0) is 17.7 Å². The lowest BCUT2D eigenvalue weighted by atomic mass is 10.0. The first-order chi connectivity index (χ1) is 8.24. The second-order valence-corrected chi connectivity index (χ2v) is 5.30. The Labute approximate surface area is 102 Å². The van der Waals surface area contributed by atoms with Gasteiger partial charge >= 0.3 is 0 Å². The maximum Gasteiger partial charge on any atom is 0.124 e. The number of nitrogens with one attached hydrogen (secondary N) is 1. The van der Waals surface area contributed by atoms with Crippen molar-refractivity contribution in [1.82, 2.24) is 9.97 Å². The molecule has 3 nitrogen and oxygen atoms in total. The van der Waals surface area contributed by atoms with Crippen molar-refractivity contribution >= 4 is 11.8 Å². The number of aromatic nitrogens is 2. The van der Waals surface area contributed by atoms with Crippen molar-refractivity contribution in [2.75, 3.05) is 0 Å². The van der Waals surface area contributed by atoms with Crippen LogP contribution >= 0.6 is 11.8 Å². The lowest BCUT2D eigenvalue weighted by molar-refractivity contribution is 0.175. The van der Waals surface area contributed by atoms with E-state index in [4.69, 9.17) is 0 Å². The molecule has 0 fully saturated rings. The fraction of sp³-hybridized carbons (Fsp3) is 0.250. The van der Waals surface area contributed by atoms with Gasteiger partial charge in [0, 0.05) is 29.0 Å². The average Bonchev–Trinajstić information content (AvgIpc) is 2.89. The van der Waals surface area contributed by atoms with Crippen LogP contribution in [-0.4, -0.2) is 20.3 Å². The smallest absolute Gasteiger partial charge is 0.124 e. The van der Waals surface area contributed by atoms with E-state index >= 15 is 0 Å². The molecular weight excluding hydrogens is 239 g/mol. The monoisotopic (exact) mass is 250 g/mol. The zero-order valence-corrected chi connectivity index (χ0v) is 9.75. The average molecular weight is 250 g/mol. The third kappa shape index (κ3) is 1.96. The minimum atomic E-state index is -0.555. The summed E-state index contributed by atoms with van der Waals surface area (Å²) in [6, 6.07) is 4.52. The van der Waals surface area contributed by atoms with Crippen molar-refractivity contribution in [3.63, 3.8) is 0 Å². The highest BCUT2D eigenvalue weighted by Crippen LogP contribution is 2.45. The Morgan fingerprint density at radius 2 is 2.35 bits per heavy atom. The molecule has 0 saturated heterocycles. The van der Waals surface area contributed by atoms with Crippen LogP contribution in [-0.2, 0) is 6.42 Å². The number of aliphatic hydroxyl groups is 1. The third-order valence-electron chi connectivity index (χ3n) is 2.87. The minimum absolute atomic E-state index is 0.00190. The number of H-pyrrole nitrogens is 1. The highest BCUT2D eigenvalue weighted by molar-refractivity contribution is 8.00. The molecule has 0 amide bonds. The molecule has 0 spiro atoms. The van der Waals surface area contributed by atoms with Crippen LogP contribution in [0.1, 0.15) is 17.5 Å². The molecule has 0 aliphatic carbocycles. The number of aromatic amines is 1. The summed E-state index contributed by atoms with van der Waals surface area (Å²) in [6.45, 7) is 0. The fourth-order valence-corrected chi connectivity index (χ4v) is 3.38. The van der Waals surface area contributed by atoms with Gasteiger partial charge < -0.3 is 10.1 Å². The van der Waals surface area contributed by atoms with Gasteiger partial charge in [0.25, 0.3) is 0 Å². The molecule has 5 heteroatoms. The molecule has 88 valence electrons. The molecule has 17 heavy (non-hydrogen) atoms. The van der Waals surface area contributed by atoms with Gasteiger partial charge in [-0.2, -0.15) is 0 Å². The van der Waals surface area contributed by atoms with Crippen LogP contribution in [0.3, 0.4) is 0 Å². The van der Waals surface area contributed by atoms with E-state index in [0.29, 0.717) is 6.42 Å². The van der Waals surface area contributed by atoms with Gasteiger partial charge in [-0.3, -0.25) is 0 Å². The molecule has 0 saturated carbocycles. The number of thioether (sulfide) groups is 1. The van der Waals surface area contributed by atoms with Gasteiger partial charge in [-0.1, -0.05) is 6.07 Å². The number of hydrogen-bond acceptors (Lipinski definition) is 3. The fourth-order valence-electron chi connectivity index (χ4n) is 2.04. The quantitative estimate of drug-likeness (QED) is 0.859. The van der Waals surface area contributed by atoms with E-state index in [0.717, 1.165) is 16.3 Å². The summed E-state index contributed by atoms with van der Waals surface area (Å²) in [5, 5.41) is 10.1. The number of hydrogen-bond donors (Lipinski definition) is 2. The Balaban J connectivity index is 1.83. The van der Waals surface area contributed by atoms with E-state index < -0.39 is 6.10 Å². The minimum Gasteiger partial charge on any atom is -0.387 e. The second-order valence-electron chi connectivity index (χ2n) is 4.02. The topological polar surface area (TPSA) is 48.9 Å². The third-order valence-corrected chi connectivity index (χ3v) is 4.21. The second kappa shape index (κ2) is 4.16. The number of rotatable bonds is 2. The van der Waals surface area contributed by atoms with Crippen molar-refractivity contribution in [2.45, 2.75) is 22.7 Å². The van der Waals surface area contributed by atoms with E-state index in [1.165, 1.54) is 23.9 Å². The van der Waals surface area contributed by atoms with Crippen LogP contribution in [0.4, 0.5) is 4.39 Å². The van der Waals surface area contributed by atoms with E-state index in [-0.39, 0.29) is 11.1 Å². The summed E-state index contributed by atoms with van der Waals surface area (Å²) in [4.78, 5) is 7.98. The molecule has 0 radical (unpaired) electrons. The Morgan fingerprint density at radius 1 is 1.47 bits per heavy atom. The SMILES string of the molecule is O[C@H]1c2ccc(F)cc2S[C@H]1Cc1ncc[nH]1. The van der Waals surface area contributed by atoms with Gasteiger partial charge in [0.1, 0.15) is 11.6 Å². The van der Waals surface area contributed by atoms with E-state index in [1.807, 2.05) is 0 Å². The van der Waals surface area contributed by atoms with E-state index in [2.05, 4.69) is 9.97 Å². The first kappa shape index (κ1) is 10.8. The molecule has 2 heterocycles. The first-order valence-corrected chi connectivity index (χ1v) is 6.24. The Morgan fingerprint density at radius 3 is 3.12 bits per heavy atom. The van der Waals surface area contributed by atoms with Gasteiger partial charge in [0.2, 0.25) is 0 Å². The molecule has 2 N–H and O–H groups in total. The van der Waals surface area contributed by atoms with Crippen molar-refractivity contribution < 1.29 is 9.50 Å². The highest BCUT2D eigenvalue weighted by atomic mass is 32.2. The van der Waals surface area contributed by atoms with Crippen LogP contribution < -0.4 is 0 Å². The van der Waals surface area contributed by atoms with Crippen molar-refractivity contribution in [3.05, 3.63) is 47.8 Å². The summed E-state index contributed by atoms with van der Waals surface area (Å²) in [5.74, 6) is 0.580. The van der Waals surface area contributed by atoms with Gasteiger partial charge in [-0.15, -0.1) is 11.8 Å². The molecule has 1 aliphatic rings. The predicted molar refractivity (Wildman–Crippen MR) is 63.3 cm³/mol. The van der Waals surface area contributed by atoms with Crippen molar-refractivity contribution in [2.24, 2.45) is 0 Å². The Kier molecular flexibility index (Phi) is 2.64. The van der Waals surface area contributed by atoms with Crippen molar-refractivity contribution in [1.29, 1.82) is 0 Å². The molecule has 2 atom stereocenters. The van der Waals surface area contributed by atoms with Gasteiger partial charge in [0.05, 0.1) is 6.10 Å². The largest absolute Gasteiger partial charge is 0.387 e. The van der Waals surface area contributed by atoms with Crippen LogP contribution in [0, 0.1) is 5.82 Å². The number of imidazole rings is 1. The van der Waals surface area contributed by atoms with Crippen LogP contribution in [0.5, 0.6) is 0 Å². The zero-order chi connectivity index (χ0) is 11.8. The molecule has 1 aromatic carbocycles. The zero-order valence-electron chi connectivity index (χ0n) is 8.93. The summed E-state index contributed by atoms with van der Waals surface area (Å²) in [6.07, 6.45) is 3.54. The number of aliphatic hydroxyl groups excluding tert-OH is 1. The number of nitrogens with zero attached hydrogens (tertiary/aromatic N) is 1. The molecule has 3 rings (SSSR count). The summed E-state index contributed by atoms with van der Waals surface area (Å²) < 4.78 is 13.1. The summed E-state index contributed by atoms with van der Waals surface area (Å²) in [5.41, 5.74) is 0.813. The van der Waals surface area contributed by atoms with Gasteiger partial charge in [0.15, 0.2) is 0 Å². The maximum atomic E-state index is 13.1. The number of benzene rings is 1. The van der Waals surface area contributed by atoms with Crippen LogP contribution in [0.25, 0.3) is 0 Å². The lowest BCUT2D eigenvalue weighted by Crippen LogP contribution is -2.13. The first-order valence-electron chi connectivity index (χ1n) is 5.36. The predicted octanol–water partition coefficient (Wildman–Crippen LogP) is 2.30. The normalized spacial score (nSPS) is 22.7. The molecule has 1 aliphatic heterocycles. The van der Waals surface area contributed by atoms with E-state index in [1.54, 1.807) is 18.5 Å². The maximum absolute atomic E-state index is 13.1. The number of halogens is 1. The van der Waals surface area contributed by atoms with Crippen molar-refractivity contribution in [3.8, 4) is 0 Å². The molecule has 0 bridgehead atoms. The Hall–Kier alpha value is -1.33. The standard InChI is InChI=1S/C12H11FN2OS/c13-7-1-2-8-9(5-7)17-10(12(8)16)6-11-14-3-4-15-11/h1-5,10,12,16H,6H2,(H,14,15)/t10-,12-/m0/s1. The Bertz CT molecular complexity index is 529. The summed E-state index contributed by atoms with van der Waals surface area (Å²) in [7, 11) is 0. The van der Waals surface area contributed by atoms with E-state index in [9.17, 15) is 9.50 Å². The number of fused-ring (bicyclic) bond motifs is 1. The lowest BCUT2D eigenvalue weighted by Gasteiger charge is -2.12. The summed E-state index contributed by atoms with van der Waals surface area (Å²) >= 11 is 1.51. The molecule has 2 aromatic rings. The highest BCUT2D eigenvalue weighted by Gasteiger charge is 2.32. The molecule has 0 unspecified atom stereocenters. The van der Waals surface area contributed by atoms with Crippen LogP contribution in [0.15, 0.2) is 35.5 Å².